The Kier molecular flexibility index (Phi) is 7.30. The second-order valence-corrected chi connectivity index (χ2v) is 8.81. The van der Waals surface area contributed by atoms with Crippen molar-refractivity contribution in [3.63, 3.8) is 0 Å². The maximum Gasteiger partial charge on any atom is 0.328 e. The fourth-order valence-electron chi connectivity index (χ4n) is 4.01. The maximum atomic E-state index is 13.0. The van der Waals surface area contributed by atoms with Crippen LogP contribution in [0.3, 0.4) is 0 Å². The summed E-state index contributed by atoms with van der Waals surface area (Å²) in [4.78, 5) is 41.4. The van der Waals surface area contributed by atoms with Gasteiger partial charge < -0.3 is 15.0 Å². The molecule has 2 aromatic rings. The van der Waals surface area contributed by atoms with E-state index in [-0.39, 0.29) is 23.7 Å². The maximum absolute atomic E-state index is 13.0. The van der Waals surface area contributed by atoms with Gasteiger partial charge >= 0.3 is 5.97 Å². The summed E-state index contributed by atoms with van der Waals surface area (Å²) in [6.07, 6.45) is 1.90. The molecule has 1 saturated heterocycles. The van der Waals surface area contributed by atoms with Crippen LogP contribution in [0.2, 0.25) is 5.02 Å². The molecule has 1 unspecified atom stereocenters. The van der Waals surface area contributed by atoms with E-state index in [9.17, 15) is 14.4 Å². The van der Waals surface area contributed by atoms with Crippen LogP contribution in [0.25, 0.3) is 0 Å². The number of hydrogen-bond acceptors (Lipinski definition) is 5. The van der Waals surface area contributed by atoms with E-state index >= 15 is 0 Å². The van der Waals surface area contributed by atoms with Gasteiger partial charge in [-0.2, -0.15) is 0 Å². The van der Waals surface area contributed by atoms with Crippen molar-refractivity contribution < 1.29 is 19.1 Å². The Labute approximate surface area is 198 Å². The molecular weight excluding hydrogens is 442 g/mol. The number of hydrogen-bond donors (Lipinski definition) is 1. The van der Waals surface area contributed by atoms with Gasteiger partial charge in [0.2, 0.25) is 5.91 Å². The van der Waals surface area contributed by atoms with E-state index in [0.29, 0.717) is 49.1 Å². The predicted molar refractivity (Wildman–Crippen MR) is 126 cm³/mol. The molecule has 1 heterocycles. The first-order chi connectivity index (χ1) is 16.0. The molecule has 174 valence electrons. The Morgan fingerprint density at radius 1 is 1.00 bits per heavy atom. The molecule has 33 heavy (non-hydrogen) atoms. The van der Waals surface area contributed by atoms with Crippen molar-refractivity contribution in [2.45, 2.75) is 25.8 Å². The molecule has 2 amide bonds. The molecule has 1 aliphatic carbocycles. The van der Waals surface area contributed by atoms with Gasteiger partial charge in [-0.25, -0.2) is 4.79 Å². The fourth-order valence-corrected chi connectivity index (χ4v) is 4.14. The van der Waals surface area contributed by atoms with Crippen LogP contribution >= 0.6 is 11.6 Å². The molecule has 2 fully saturated rings. The molecular formula is C25H28ClN3O4. The van der Waals surface area contributed by atoms with Crippen LogP contribution < -0.4 is 5.32 Å². The Bertz CT molecular complexity index is 997. The predicted octanol–water partition coefficient (Wildman–Crippen LogP) is 3.75. The smallest absolute Gasteiger partial charge is 0.328 e. The van der Waals surface area contributed by atoms with Crippen molar-refractivity contribution >= 4 is 35.1 Å². The third-order valence-corrected chi connectivity index (χ3v) is 6.26. The summed E-state index contributed by atoms with van der Waals surface area (Å²) in [6.45, 7) is 4.19. The molecule has 0 bridgehead atoms. The van der Waals surface area contributed by atoms with E-state index in [2.05, 4.69) is 5.32 Å². The first-order valence-electron chi connectivity index (χ1n) is 11.3. The molecule has 0 spiro atoms. The Morgan fingerprint density at radius 3 is 2.21 bits per heavy atom. The molecule has 1 atom stereocenters. The van der Waals surface area contributed by atoms with E-state index in [4.69, 9.17) is 16.3 Å². The highest BCUT2D eigenvalue weighted by atomic mass is 35.5. The number of halogens is 1. The zero-order valence-electron chi connectivity index (χ0n) is 18.6. The third kappa shape index (κ3) is 5.72. The molecule has 4 rings (SSSR count). The molecule has 2 aromatic carbocycles. The number of rotatable bonds is 7. The second kappa shape index (κ2) is 10.4. The summed E-state index contributed by atoms with van der Waals surface area (Å²) >= 11 is 6.01. The monoisotopic (exact) mass is 469 g/mol. The van der Waals surface area contributed by atoms with Crippen LogP contribution in [0.4, 0.5) is 5.69 Å². The number of amides is 2. The number of nitrogens with zero attached hydrogens (tertiary/aromatic N) is 2. The van der Waals surface area contributed by atoms with Gasteiger partial charge in [-0.1, -0.05) is 23.7 Å². The van der Waals surface area contributed by atoms with Gasteiger partial charge in [-0.05, 0) is 61.7 Å². The lowest BCUT2D eigenvalue weighted by atomic mass is 10.0. The van der Waals surface area contributed by atoms with Crippen molar-refractivity contribution in [1.82, 2.24) is 9.80 Å². The topological polar surface area (TPSA) is 79.0 Å². The highest BCUT2D eigenvalue weighted by Gasteiger charge is 2.33. The van der Waals surface area contributed by atoms with Crippen LogP contribution in [0, 0.1) is 5.92 Å². The summed E-state index contributed by atoms with van der Waals surface area (Å²) in [5.74, 6) is -0.187. The SMILES string of the molecule is CCOC(=O)C(c1ccc(Cl)cc1)N1CCN(C(=O)c2ccc(NC(=O)C3CC3)cc2)CC1. The van der Waals surface area contributed by atoms with Crippen LogP contribution in [-0.2, 0) is 14.3 Å². The van der Waals surface area contributed by atoms with Gasteiger partial charge in [0.05, 0.1) is 6.61 Å². The highest BCUT2D eigenvalue weighted by molar-refractivity contribution is 6.30. The molecule has 2 aliphatic rings. The molecule has 0 radical (unpaired) electrons. The van der Waals surface area contributed by atoms with Gasteiger partial charge in [0.15, 0.2) is 0 Å². The molecule has 0 aromatic heterocycles. The largest absolute Gasteiger partial charge is 0.465 e. The Balaban J connectivity index is 1.38. The first-order valence-corrected chi connectivity index (χ1v) is 11.7. The molecule has 7 nitrogen and oxygen atoms in total. The van der Waals surface area contributed by atoms with Crippen LogP contribution in [0.15, 0.2) is 48.5 Å². The fraction of sp³-hybridized carbons (Fsp3) is 0.400. The van der Waals surface area contributed by atoms with Crippen LogP contribution in [0.5, 0.6) is 0 Å². The summed E-state index contributed by atoms with van der Waals surface area (Å²) in [7, 11) is 0. The normalized spacial score (nSPS) is 17.3. The average molecular weight is 470 g/mol. The van der Waals surface area contributed by atoms with Crippen molar-refractivity contribution in [2.75, 3.05) is 38.1 Å². The minimum Gasteiger partial charge on any atom is -0.465 e. The summed E-state index contributed by atoms with van der Waals surface area (Å²) < 4.78 is 5.32. The Morgan fingerprint density at radius 2 is 1.64 bits per heavy atom. The lowest BCUT2D eigenvalue weighted by Crippen LogP contribution is -2.51. The van der Waals surface area contributed by atoms with E-state index in [1.165, 1.54) is 0 Å². The molecule has 1 N–H and O–H groups in total. The highest BCUT2D eigenvalue weighted by Crippen LogP contribution is 2.30. The lowest BCUT2D eigenvalue weighted by Gasteiger charge is -2.38. The summed E-state index contributed by atoms with van der Waals surface area (Å²) in [6, 6.07) is 13.7. The zero-order chi connectivity index (χ0) is 23.4. The standard InChI is InChI=1S/C25H28ClN3O4/c1-2-33-25(32)22(17-5-9-20(26)10-6-17)28-13-15-29(16-14-28)24(31)19-7-11-21(12-8-19)27-23(30)18-3-4-18/h5-12,18,22H,2-4,13-16H2,1H3,(H,27,30). The van der Waals surface area contributed by atoms with Gasteiger partial charge in [-0.15, -0.1) is 0 Å². The number of anilines is 1. The van der Waals surface area contributed by atoms with Gasteiger partial charge in [0, 0.05) is 48.4 Å². The molecule has 1 aliphatic heterocycles. The minimum absolute atomic E-state index is 0.0436. The zero-order valence-corrected chi connectivity index (χ0v) is 19.4. The number of ether oxygens (including phenoxy) is 1. The van der Waals surface area contributed by atoms with Crippen molar-refractivity contribution in [2.24, 2.45) is 5.92 Å². The summed E-state index contributed by atoms with van der Waals surface area (Å²) in [5.41, 5.74) is 2.10. The second-order valence-electron chi connectivity index (χ2n) is 8.38. The molecule has 8 heteroatoms. The van der Waals surface area contributed by atoms with Gasteiger partial charge in [-0.3, -0.25) is 14.5 Å². The molecule has 1 saturated carbocycles. The number of benzene rings is 2. The van der Waals surface area contributed by atoms with Gasteiger partial charge in [0.1, 0.15) is 6.04 Å². The van der Waals surface area contributed by atoms with Crippen molar-refractivity contribution in [3.8, 4) is 0 Å². The first kappa shape index (κ1) is 23.3. The van der Waals surface area contributed by atoms with Crippen LogP contribution in [-0.4, -0.2) is 60.4 Å². The van der Waals surface area contributed by atoms with Gasteiger partial charge in [0.25, 0.3) is 5.91 Å². The Hall–Kier alpha value is -2.90. The number of piperazine rings is 1. The lowest BCUT2D eigenvalue weighted by molar-refractivity contribution is -0.150. The number of nitrogens with one attached hydrogen (secondary N) is 1. The van der Waals surface area contributed by atoms with E-state index in [0.717, 1.165) is 18.4 Å². The van der Waals surface area contributed by atoms with Crippen LogP contribution in [0.1, 0.15) is 41.7 Å². The number of carbonyl (C=O) groups excluding carboxylic acids is 3. The van der Waals surface area contributed by atoms with E-state index in [1.807, 2.05) is 17.0 Å². The van der Waals surface area contributed by atoms with Crippen molar-refractivity contribution in [3.05, 3.63) is 64.7 Å². The summed E-state index contributed by atoms with van der Waals surface area (Å²) in [5, 5.41) is 3.49. The average Bonchev–Trinajstić information content (AvgIpc) is 3.67. The minimum atomic E-state index is -0.533. The van der Waals surface area contributed by atoms with E-state index < -0.39 is 6.04 Å². The number of esters is 1. The quantitative estimate of drug-likeness (QED) is 0.625. The third-order valence-electron chi connectivity index (χ3n) is 6.01. The van der Waals surface area contributed by atoms with Crippen molar-refractivity contribution in [1.29, 1.82) is 0 Å². The van der Waals surface area contributed by atoms with E-state index in [1.54, 1.807) is 48.2 Å². The number of carbonyl (C=O) groups is 3.